The molecule has 1 N–H and O–H groups in total. The van der Waals surface area contributed by atoms with E-state index in [0.29, 0.717) is 19.1 Å². The third-order valence-corrected chi connectivity index (χ3v) is 4.54. The zero-order chi connectivity index (χ0) is 20.7. The Hall–Kier alpha value is -3.03. The average molecular weight is 388 g/mol. The molecule has 1 aromatic carbocycles. The molecule has 0 fully saturated rings. The van der Waals surface area contributed by atoms with E-state index in [9.17, 15) is 24.0 Å². The number of fused-ring (bicyclic) bond motifs is 1. The van der Waals surface area contributed by atoms with Crippen molar-refractivity contribution in [1.82, 2.24) is 10.2 Å². The maximum atomic E-state index is 12.9. The van der Waals surface area contributed by atoms with Crippen LogP contribution in [0.15, 0.2) is 24.3 Å². The number of ether oxygens (including phenoxy) is 1. The lowest BCUT2D eigenvalue weighted by Gasteiger charge is -2.27. The van der Waals surface area contributed by atoms with Gasteiger partial charge in [-0.05, 0) is 38.3 Å². The highest BCUT2D eigenvalue weighted by molar-refractivity contribution is 6.22. The number of carbonyl (C=O) groups is 5. The minimum atomic E-state index is -1.11. The number of nitrogens with zero attached hydrogens (tertiary/aromatic N) is 1. The number of rotatable bonds is 10. The van der Waals surface area contributed by atoms with Crippen LogP contribution in [0.2, 0.25) is 0 Å². The van der Waals surface area contributed by atoms with Crippen LogP contribution < -0.4 is 5.32 Å². The monoisotopic (exact) mass is 388 g/mol. The number of hydrogen-bond donors (Lipinski definition) is 1. The number of unbranched alkanes of at least 4 members (excludes halogenated alkanes) is 1. The number of nitrogens with one attached hydrogen (secondary N) is 1. The molecular weight excluding hydrogens is 364 g/mol. The van der Waals surface area contributed by atoms with Crippen molar-refractivity contribution in [1.29, 1.82) is 0 Å². The van der Waals surface area contributed by atoms with E-state index >= 15 is 0 Å². The number of esters is 1. The molecule has 8 heteroatoms. The molecule has 0 spiro atoms. The van der Waals surface area contributed by atoms with Crippen LogP contribution in [0.3, 0.4) is 0 Å². The second-order valence-electron chi connectivity index (χ2n) is 6.36. The zero-order valence-corrected chi connectivity index (χ0v) is 16.0. The van der Waals surface area contributed by atoms with Gasteiger partial charge in [-0.15, -0.1) is 0 Å². The summed E-state index contributed by atoms with van der Waals surface area (Å²) in [5, 5.41) is 2.58. The van der Waals surface area contributed by atoms with E-state index in [2.05, 4.69) is 5.32 Å². The summed E-state index contributed by atoms with van der Waals surface area (Å²) in [7, 11) is 0. The summed E-state index contributed by atoms with van der Waals surface area (Å²) in [6.07, 6.45) is 1.65. The molecule has 2 rings (SSSR count). The average Bonchev–Trinajstić information content (AvgIpc) is 2.94. The first-order chi connectivity index (χ1) is 13.5. The Labute approximate surface area is 163 Å². The summed E-state index contributed by atoms with van der Waals surface area (Å²) in [5.74, 6) is -2.32. The molecule has 0 unspecified atom stereocenters. The van der Waals surface area contributed by atoms with Gasteiger partial charge < -0.3 is 14.8 Å². The van der Waals surface area contributed by atoms with Crippen molar-refractivity contribution in [2.75, 3.05) is 6.61 Å². The van der Waals surface area contributed by atoms with Gasteiger partial charge in [0.25, 0.3) is 11.8 Å². The van der Waals surface area contributed by atoms with Gasteiger partial charge in [-0.1, -0.05) is 19.1 Å². The van der Waals surface area contributed by atoms with Gasteiger partial charge in [-0.2, -0.15) is 0 Å². The molecule has 1 aromatic rings. The number of amides is 3. The van der Waals surface area contributed by atoms with E-state index in [1.165, 1.54) is 12.1 Å². The Morgan fingerprint density at radius 2 is 1.75 bits per heavy atom. The molecule has 0 aliphatic carbocycles. The first kappa shape index (κ1) is 21.3. The summed E-state index contributed by atoms with van der Waals surface area (Å²) >= 11 is 0. The van der Waals surface area contributed by atoms with Gasteiger partial charge in [0.1, 0.15) is 18.4 Å². The maximum absolute atomic E-state index is 12.9. The van der Waals surface area contributed by atoms with Crippen molar-refractivity contribution in [3.05, 3.63) is 35.4 Å². The lowest BCUT2D eigenvalue weighted by molar-refractivity contribution is -0.147. The quantitative estimate of drug-likeness (QED) is 0.281. The fourth-order valence-corrected chi connectivity index (χ4v) is 3.10. The Morgan fingerprint density at radius 3 is 2.25 bits per heavy atom. The number of aldehydes is 1. The number of benzene rings is 1. The Morgan fingerprint density at radius 1 is 1.14 bits per heavy atom. The standard InChI is InChI=1S/C20H24N2O6/c1-3-15(20(27)28-4-2)21-17(24)16(11-7-8-12-23)22-18(25)13-9-5-6-10-14(13)19(22)26/h5-6,9-10,12,15-16H,3-4,7-8,11H2,1-2H3,(H,21,24)/t15-,16-/m0/s1. The van der Waals surface area contributed by atoms with Crippen LogP contribution in [-0.4, -0.2) is 53.6 Å². The third kappa shape index (κ3) is 4.44. The summed E-state index contributed by atoms with van der Waals surface area (Å²) in [6, 6.07) is 4.35. The number of carbonyl (C=O) groups excluding carboxylic acids is 5. The summed E-state index contributed by atoms with van der Waals surface area (Å²) in [5.41, 5.74) is 0.469. The largest absolute Gasteiger partial charge is 0.464 e. The molecule has 150 valence electrons. The topological polar surface area (TPSA) is 110 Å². The van der Waals surface area contributed by atoms with Crippen LogP contribution in [-0.2, 0) is 19.1 Å². The molecule has 1 heterocycles. The molecular formula is C20H24N2O6. The first-order valence-electron chi connectivity index (χ1n) is 9.33. The van der Waals surface area contributed by atoms with E-state index < -0.39 is 35.8 Å². The molecule has 8 nitrogen and oxygen atoms in total. The van der Waals surface area contributed by atoms with E-state index in [1.807, 2.05) is 0 Å². The van der Waals surface area contributed by atoms with Gasteiger partial charge in [-0.25, -0.2) is 4.79 Å². The van der Waals surface area contributed by atoms with Crippen molar-refractivity contribution in [2.45, 2.75) is 51.6 Å². The van der Waals surface area contributed by atoms with Gasteiger partial charge in [0, 0.05) is 6.42 Å². The van der Waals surface area contributed by atoms with E-state index in [1.54, 1.807) is 26.0 Å². The van der Waals surface area contributed by atoms with Crippen molar-refractivity contribution >= 4 is 30.0 Å². The van der Waals surface area contributed by atoms with Gasteiger partial charge >= 0.3 is 5.97 Å². The van der Waals surface area contributed by atoms with Gasteiger partial charge in [-0.3, -0.25) is 19.3 Å². The first-order valence-corrected chi connectivity index (χ1v) is 9.33. The van der Waals surface area contributed by atoms with Crippen LogP contribution >= 0.6 is 0 Å². The second-order valence-corrected chi connectivity index (χ2v) is 6.36. The normalized spacial score (nSPS) is 15.0. The fraction of sp³-hybridized carbons (Fsp3) is 0.450. The molecule has 1 aliphatic rings. The van der Waals surface area contributed by atoms with Crippen LogP contribution in [0.25, 0.3) is 0 Å². The molecule has 0 radical (unpaired) electrons. The van der Waals surface area contributed by atoms with Gasteiger partial charge in [0.05, 0.1) is 17.7 Å². The van der Waals surface area contributed by atoms with E-state index in [4.69, 9.17) is 4.74 Å². The fourth-order valence-electron chi connectivity index (χ4n) is 3.10. The molecule has 0 saturated carbocycles. The van der Waals surface area contributed by atoms with Crippen molar-refractivity contribution < 1.29 is 28.7 Å². The number of imide groups is 1. The lowest BCUT2D eigenvalue weighted by Crippen LogP contribution is -2.53. The minimum absolute atomic E-state index is 0.120. The highest BCUT2D eigenvalue weighted by Crippen LogP contribution is 2.26. The van der Waals surface area contributed by atoms with Gasteiger partial charge in [0.15, 0.2) is 0 Å². The molecule has 1 aliphatic heterocycles. The van der Waals surface area contributed by atoms with Crippen molar-refractivity contribution in [3.8, 4) is 0 Å². The molecule has 0 bridgehead atoms. The third-order valence-electron chi connectivity index (χ3n) is 4.54. The van der Waals surface area contributed by atoms with Crippen molar-refractivity contribution in [2.24, 2.45) is 0 Å². The second kappa shape index (κ2) is 9.77. The van der Waals surface area contributed by atoms with E-state index in [-0.39, 0.29) is 30.6 Å². The minimum Gasteiger partial charge on any atom is -0.464 e. The predicted octanol–water partition coefficient (Wildman–Crippen LogP) is 1.48. The highest BCUT2D eigenvalue weighted by atomic mass is 16.5. The van der Waals surface area contributed by atoms with Crippen molar-refractivity contribution in [3.63, 3.8) is 0 Å². The highest BCUT2D eigenvalue weighted by Gasteiger charge is 2.42. The zero-order valence-electron chi connectivity index (χ0n) is 16.0. The Kier molecular flexibility index (Phi) is 7.43. The van der Waals surface area contributed by atoms with Gasteiger partial charge in [0.2, 0.25) is 5.91 Å². The number of hydrogen-bond acceptors (Lipinski definition) is 6. The summed E-state index contributed by atoms with van der Waals surface area (Å²) in [4.78, 5) is 61.9. The molecule has 2 atom stereocenters. The molecule has 3 amide bonds. The van der Waals surface area contributed by atoms with Crippen LogP contribution in [0.4, 0.5) is 0 Å². The van der Waals surface area contributed by atoms with Crippen LogP contribution in [0, 0.1) is 0 Å². The SMILES string of the molecule is CCOC(=O)[C@H](CC)NC(=O)[C@H](CCCC=O)N1C(=O)c2ccccc2C1=O. The molecule has 28 heavy (non-hydrogen) atoms. The molecule has 0 saturated heterocycles. The maximum Gasteiger partial charge on any atom is 0.328 e. The Balaban J connectivity index is 2.26. The summed E-state index contributed by atoms with van der Waals surface area (Å²) < 4.78 is 4.95. The van der Waals surface area contributed by atoms with Crippen LogP contribution in [0.1, 0.15) is 60.2 Å². The lowest BCUT2D eigenvalue weighted by atomic mass is 10.1. The summed E-state index contributed by atoms with van der Waals surface area (Å²) in [6.45, 7) is 3.55. The Bertz CT molecular complexity index is 741. The smallest absolute Gasteiger partial charge is 0.328 e. The van der Waals surface area contributed by atoms with E-state index in [0.717, 1.165) is 4.90 Å². The predicted molar refractivity (Wildman–Crippen MR) is 99.5 cm³/mol. The van der Waals surface area contributed by atoms with Crippen LogP contribution in [0.5, 0.6) is 0 Å². The molecule has 0 aromatic heterocycles.